The average Bonchev–Trinajstić information content (AvgIpc) is 2.26. The van der Waals surface area contributed by atoms with E-state index in [0.29, 0.717) is 18.4 Å². The van der Waals surface area contributed by atoms with Crippen LogP contribution in [0.25, 0.3) is 0 Å². The van der Waals surface area contributed by atoms with Crippen LogP contribution in [-0.4, -0.2) is 33.3 Å². The van der Waals surface area contributed by atoms with Gasteiger partial charge in [0.15, 0.2) is 0 Å². The zero-order chi connectivity index (χ0) is 12.5. The molecule has 0 atom stereocenters. The third-order valence-corrected chi connectivity index (χ3v) is 3.19. The molecule has 1 aromatic heterocycles. The van der Waals surface area contributed by atoms with E-state index in [4.69, 9.17) is 0 Å². The first kappa shape index (κ1) is 12.1. The molecule has 3 N–H and O–H groups in total. The van der Waals surface area contributed by atoms with Gasteiger partial charge in [-0.2, -0.15) is 0 Å². The Labute approximate surface area is 98.3 Å². The van der Waals surface area contributed by atoms with Gasteiger partial charge in [0, 0.05) is 11.8 Å². The van der Waals surface area contributed by atoms with Crippen molar-refractivity contribution in [1.82, 2.24) is 14.9 Å². The molecule has 0 amide bonds. The Bertz CT molecular complexity index is 511. The lowest BCUT2D eigenvalue weighted by Crippen LogP contribution is -2.47. The molecule has 0 saturated carbocycles. The van der Waals surface area contributed by atoms with Crippen LogP contribution in [0.2, 0.25) is 0 Å². The highest BCUT2D eigenvalue weighted by Gasteiger charge is 2.29. The second-order valence-corrected chi connectivity index (χ2v) is 4.67. The predicted octanol–water partition coefficient (Wildman–Crippen LogP) is -1.04. The van der Waals surface area contributed by atoms with Crippen molar-refractivity contribution < 1.29 is 5.11 Å². The maximum Gasteiger partial charge on any atom is 0.328 e. The van der Waals surface area contributed by atoms with Crippen LogP contribution >= 0.6 is 0 Å². The SMILES string of the molecule is Cc1cn(CC2(O)CCNCC2)c(=O)[nH]c1=O. The highest BCUT2D eigenvalue weighted by Crippen LogP contribution is 2.19. The molecule has 2 heterocycles. The smallest absolute Gasteiger partial charge is 0.328 e. The van der Waals surface area contributed by atoms with Gasteiger partial charge in [-0.05, 0) is 32.9 Å². The van der Waals surface area contributed by atoms with E-state index in [1.165, 1.54) is 10.8 Å². The number of aryl methyl sites for hydroxylation is 1. The topological polar surface area (TPSA) is 87.1 Å². The number of nitrogens with one attached hydrogen (secondary N) is 2. The van der Waals surface area contributed by atoms with Crippen LogP contribution in [0, 0.1) is 6.92 Å². The fourth-order valence-corrected chi connectivity index (χ4v) is 2.10. The Hall–Kier alpha value is -1.40. The molecule has 6 heteroatoms. The van der Waals surface area contributed by atoms with Crippen molar-refractivity contribution in [2.45, 2.75) is 31.9 Å². The molecular formula is C11H17N3O3. The molecule has 6 nitrogen and oxygen atoms in total. The molecule has 0 bridgehead atoms. The fraction of sp³-hybridized carbons (Fsp3) is 0.636. The van der Waals surface area contributed by atoms with Gasteiger partial charge in [0.05, 0.1) is 12.1 Å². The number of rotatable bonds is 2. The number of piperidine rings is 1. The first-order valence-electron chi connectivity index (χ1n) is 5.74. The van der Waals surface area contributed by atoms with E-state index in [-0.39, 0.29) is 12.1 Å². The van der Waals surface area contributed by atoms with Gasteiger partial charge >= 0.3 is 5.69 Å². The molecule has 2 rings (SSSR count). The van der Waals surface area contributed by atoms with Crippen LogP contribution in [0.1, 0.15) is 18.4 Å². The normalized spacial score (nSPS) is 19.2. The van der Waals surface area contributed by atoms with Crippen LogP contribution in [0.3, 0.4) is 0 Å². The number of H-pyrrole nitrogens is 1. The summed E-state index contributed by atoms with van der Waals surface area (Å²) in [5.74, 6) is 0. The van der Waals surface area contributed by atoms with E-state index in [9.17, 15) is 14.7 Å². The zero-order valence-corrected chi connectivity index (χ0v) is 9.82. The molecule has 0 unspecified atom stereocenters. The fourth-order valence-electron chi connectivity index (χ4n) is 2.10. The van der Waals surface area contributed by atoms with Crippen molar-refractivity contribution >= 4 is 0 Å². The van der Waals surface area contributed by atoms with E-state index in [2.05, 4.69) is 10.3 Å². The molecule has 17 heavy (non-hydrogen) atoms. The number of nitrogens with zero attached hydrogens (tertiary/aromatic N) is 1. The van der Waals surface area contributed by atoms with Crippen molar-refractivity contribution in [2.75, 3.05) is 13.1 Å². The molecule has 0 aliphatic carbocycles. The summed E-state index contributed by atoms with van der Waals surface area (Å²) in [6.45, 7) is 3.35. The monoisotopic (exact) mass is 239 g/mol. The Morgan fingerprint density at radius 2 is 2.06 bits per heavy atom. The first-order valence-corrected chi connectivity index (χ1v) is 5.74. The summed E-state index contributed by atoms with van der Waals surface area (Å²) in [6, 6.07) is 0. The van der Waals surface area contributed by atoms with Crippen LogP contribution in [-0.2, 0) is 6.54 Å². The maximum atomic E-state index is 11.6. The first-order chi connectivity index (χ1) is 8.00. The summed E-state index contributed by atoms with van der Waals surface area (Å²) in [6.07, 6.45) is 2.72. The van der Waals surface area contributed by atoms with Gasteiger partial charge < -0.3 is 10.4 Å². The predicted molar refractivity (Wildman–Crippen MR) is 63.1 cm³/mol. The number of aromatic nitrogens is 2. The van der Waals surface area contributed by atoms with Crippen molar-refractivity contribution in [3.8, 4) is 0 Å². The van der Waals surface area contributed by atoms with Gasteiger partial charge in [-0.1, -0.05) is 0 Å². The van der Waals surface area contributed by atoms with Crippen molar-refractivity contribution in [1.29, 1.82) is 0 Å². The van der Waals surface area contributed by atoms with Gasteiger partial charge in [0.25, 0.3) is 5.56 Å². The van der Waals surface area contributed by atoms with Crippen molar-refractivity contribution in [3.63, 3.8) is 0 Å². The molecule has 1 aliphatic rings. The van der Waals surface area contributed by atoms with Gasteiger partial charge in [0.1, 0.15) is 0 Å². The lowest BCUT2D eigenvalue weighted by atomic mass is 9.92. The number of aromatic amines is 1. The van der Waals surface area contributed by atoms with Gasteiger partial charge in [0.2, 0.25) is 0 Å². The molecule has 0 spiro atoms. The molecule has 1 aliphatic heterocycles. The minimum atomic E-state index is -0.861. The van der Waals surface area contributed by atoms with Gasteiger partial charge in [-0.25, -0.2) is 4.79 Å². The summed E-state index contributed by atoms with van der Waals surface area (Å²) in [4.78, 5) is 25.1. The maximum absolute atomic E-state index is 11.6. The lowest BCUT2D eigenvalue weighted by Gasteiger charge is -2.32. The minimum Gasteiger partial charge on any atom is -0.388 e. The summed E-state index contributed by atoms with van der Waals surface area (Å²) in [5.41, 5.74) is -1.22. The third-order valence-electron chi connectivity index (χ3n) is 3.19. The van der Waals surface area contributed by atoms with Crippen LogP contribution in [0.5, 0.6) is 0 Å². The Morgan fingerprint density at radius 3 is 2.71 bits per heavy atom. The summed E-state index contributed by atoms with van der Waals surface area (Å²) >= 11 is 0. The lowest BCUT2D eigenvalue weighted by molar-refractivity contribution is -0.00654. The largest absolute Gasteiger partial charge is 0.388 e. The number of hydrogen-bond donors (Lipinski definition) is 3. The molecule has 1 aromatic rings. The number of aliphatic hydroxyl groups is 1. The van der Waals surface area contributed by atoms with Crippen molar-refractivity contribution in [3.05, 3.63) is 32.6 Å². The molecule has 1 fully saturated rings. The molecule has 0 radical (unpaired) electrons. The Morgan fingerprint density at radius 1 is 1.41 bits per heavy atom. The van der Waals surface area contributed by atoms with Crippen LogP contribution in [0.4, 0.5) is 0 Å². The highest BCUT2D eigenvalue weighted by atomic mass is 16.3. The molecule has 1 saturated heterocycles. The molecule has 0 aromatic carbocycles. The molecule has 94 valence electrons. The second kappa shape index (κ2) is 4.46. The van der Waals surface area contributed by atoms with E-state index < -0.39 is 11.3 Å². The standard InChI is InChI=1S/C11H17N3O3/c1-8-6-14(10(16)13-9(8)15)7-11(17)2-4-12-5-3-11/h6,12,17H,2-5,7H2,1H3,(H,13,15,16). The second-order valence-electron chi connectivity index (χ2n) is 4.67. The summed E-state index contributed by atoms with van der Waals surface area (Å²) in [5, 5.41) is 13.5. The summed E-state index contributed by atoms with van der Waals surface area (Å²) < 4.78 is 1.38. The Balaban J connectivity index is 2.26. The van der Waals surface area contributed by atoms with E-state index >= 15 is 0 Å². The highest BCUT2D eigenvalue weighted by molar-refractivity contribution is 5.01. The quantitative estimate of drug-likeness (QED) is 0.615. The van der Waals surface area contributed by atoms with E-state index in [1.807, 2.05) is 0 Å². The summed E-state index contributed by atoms with van der Waals surface area (Å²) in [7, 11) is 0. The average molecular weight is 239 g/mol. The van der Waals surface area contributed by atoms with Crippen LogP contribution < -0.4 is 16.6 Å². The third kappa shape index (κ3) is 2.65. The van der Waals surface area contributed by atoms with Gasteiger partial charge in [-0.15, -0.1) is 0 Å². The van der Waals surface area contributed by atoms with E-state index in [1.54, 1.807) is 6.92 Å². The Kier molecular flexibility index (Phi) is 3.17. The van der Waals surface area contributed by atoms with Crippen molar-refractivity contribution in [2.24, 2.45) is 0 Å². The van der Waals surface area contributed by atoms with Gasteiger partial charge in [-0.3, -0.25) is 14.3 Å². The zero-order valence-electron chi connectivity index (χ0n) is 9.82. The van der Waals surface area contributed by atoms with E-state index in [0.717, 1.165) is 13.1 Å². The van der Waals surface area contributed by atoms with Crippen LogP contribution in [0.15, 0.2) is 15.8 Å². The minimum absolute atomic E-state index is 0.227. The number of hydrogen-bond acceptors (Lipinski definition) is 4. The molecular weight excluding hydrogens is 222 g/mol.